The molecule has 2 aromatic heterocycles. The van der Waals surface area contributed by atoms with Gasteiger partial charge in [0.15, 0.2) is 0 Å². The molecule has 0 unspecified atom stereocenters. The number of amides is 1. The normalized spacial score (nSPS) is 17.7. The van der Waals surface area contributed by atoms with Crippen LogP contribution in [-0.4, -0.2) is 51.8 Å². The molecule has 31 heavy (non-hydrogen) atoms. The molecule has 0 aromatic carbocycles. The summed E-state index contributed by atoms with van der Waals surface area (Å²) in [5.41, 5.74) is 2.20. The van der Waals surface area contributed by atoms with Crippen molar-refractivity contribution in [3.63, 3.8) is 0 Å². The molecule has 2 aromatic rings. The fraction of sp³-hybridized carbons (Fsp3) is 0.625. The Hall–Kier alpha value is -2.57. The van der Waals surface area contributed by atoms with E-state index >= 15 is 0 Å². The third-order valence-corrected chi connectivity index (χ3v) is 5.99. The van der Waals surface area contributed by atoms with Crippen LogP contribution in [0.25, 0.3) is 10.9 Å². The zero-order valence-corrected chi connectivity index (χ0v) is 19.0. The van der Waals surface area contributed by atoms with Crippen molar-refractivity contribution in [2.75, 3.05) is 19.7 Å². The number of piperidine rings is 1. The van der Waals surface area contributed by atoms with Gasteiger partial charge in [-0.05, 0) is 71.4 Å². The van der Waals surface area contributed by atoms with Crippen LogP contribution in [0.4, 0.5) is 4.79 Å². The molecular formula is C24H33N3O4. The second kappa shape index (κ2) is 8.52. The fourth-order valence-electron chi connectivity index (χ4n) is 4.33. The first kappa shape index (κ1) is 21.7. The number of esters is 1. The van der Waals surface area contributed by atoms with Gasteiger partial charge in [-0.15, -0.1) is 0 Å². The van der Waals surface area contributed by atoms with Gasteiger partial charge in [-0.3, -0.25) is 4.98 Å². The molecule has 4 rings (SSSR count). The molecule has 2 aliphatic rings. The van der Waals surface area contributed by atoms with Crippen molar-refractivity contribution < 1.29 is 19.1 Å². The van der Waals surface area contributed by atoms with Crippen LogP contribution < -0.4 is 0 Å². The monoisotopic (exact) mass is 427 g/mol. The lowest BCUT2D eigenvalue weighted by molar-refractivity contribution is 0.0204. The maximum absolute atomic E-state index is 12.6. The molecule has 0 atom stereocenters. The largest absolute Gasteiger partial charge is 0.461 e. The zero-order chi connectivity index (χ0) is 22.2. The van der Waals surface area contributed by atoms with E-state index in [1.54, 1.807) is 4.90 Å². The van der Waals surface area contributed by atoms with Gasteiger partial charge in [0.1, 0.15) is 11.3 Å². The molecule has 7 nitrogen and oxygen atoms in total. The highest BCUT2D eigenvalue weighted by Gasteiger charge is 2.31. The lowest BCUT2D eigenvalue weighted by Gasteiger charge is -2.33. The molecule has 1 aliphatic carbocycles. The van der Waals surface area contributed by atoms with Crippen LogP contribution in [0.15, 0.2) is 18.3 Å². The first-order valence-electron chi connectivity index (χ1n) is 11.4. The van der Waals surface area contributed by atoms with Gasteiger partial charge < -0.3 is 18.9 Å². The van der Waals surface area contributed by atoms with E-state index in [9.17, 15) is 9.59 Å². The number of likely N-dealkylation sites (tertiary alicyclic amines) is 1. The van der Waals surface area contributed by atoms with Crippen molar-refractivity contribution in [3.8, 4) is 0 Å². The Morgan fingerprint density at radius 1 is 1.16 bits per heavy atom. The molecule has 1 aliphatic heterocycles. The number of hydrogen-bond donors (Lipinski definition) is 0. The lowest BCUT2D eigenvalue weighted by atomic mass is 9.92. The highest BCUT2D eigenvalue weighted by Crippen LogP contribution is 2.37. The first-order valence-corrected chi connectivity index (χ1v) is 11.4. The molecule has 168 valence electrons. The Kier molecular flexibility index (Phi) is 5.95. The number of nitrogens with zero attached hydrogens (tertiary/aromatic N) is 3. The predicted molar refractivity (Wildman–Crippen MR) is 118 cm³/mol. The summed E-state index contributed by atoms with van der Waals surface area (Å²) in [7, 11) is 0. The van der Waals surface area contributed by atoms with Gasteiger partial charge in [0.05, 0.1) is 17.8 Å². The van der Waals surface area contributed by atoms with Crippen molar-refractivity contribution in [1.29, 1.82) is 0 Å². The number of fused-ring (bicyclic) bond motifs is 1. The average molecular weight is 428 g/mol. The predicted octanol–water partition coefficient (Wildman–Crippen LogP) is 4.74. The van der Waals surface area contributed by atoms with Gasteiger partial charge in [0, 0.05) is 37.1 Å². The third-order valence-electron chi connectivity index (χ3n) is 5.99. The van der Waals surface area contributed by atoms with E-state index in [4.69, 9.17) is 14.5 Å². The van der Waals surface area contributed by atoms with Crippen LogP contribution in [0, 0.1) is 5.92 Å². The fourth-order valence-corrected chi connectivity index (χ4v) is 4.33. The summed E-state index contributed by atoms with van der Waals surface area (Å²) in [5.74, 6) is 0.584. The number of pyridine rings is 1. The van der Waals surface area contributed by atoms with Gasteiger partial charge in [0.25, 0.3) is 0 Å². The average Bonchev–Trinajstić information content (AvgIpc) is 3.46. The first-order chi connectivity index (χ1) is 14.8. The summed E-state index contributed by atoms with van der Waals surface area (Å²) in [4.78, 5) is 31.6. The van der Waals surface area contributed by atoms with Crippen LogP contribution in [-0.2, 0) is 16.0 Å². The molecule has 1 saturated heterocycles. The van der Waals surface area contributed by atoms with Crippen LogP contribution in [0.5, 0.6) is 0 Å². The highest BCUT2D eigenvalue weighted by molar-refractivity contribution is 5.96. The maximum atomic E-state index is 12.6. The molecule has 0 radical (unpaired) electrons. The third kappa shape index (κ3) is 4.86. The van der Waals surface area contributed by atoms with Crippen LogP contribution in [0.2, 0.25) is 0 Å². The van der Waals surface area contributed by atoms with E-state index < -0.39 is 5.60 Å². The van der Waals surface area contributed by atoms with E-state index in [0.717, 1.165) is 36.0 Å². The van der Waals surface area contributed by atoms with Crippen LogP contribution >= 0.6 is 0 Å². The molecule has 0 N–H and O–H groups in total. The minimum atomic E-state index is -0.492. The Morgan fingerprint density at radius 2 is 1.87 bits per heavy atom. The van der Waals surface area contributed by atoms with E-state index in [1.807, 2.05) is 46.0 Å². The van der Waals surface area contributed by atoms with Crippen molar-refractivity contribution in [2.45, 2.75) is 71.4 Å². The van der Waals surface area contributed by atoms with Crippen molar-refractivity contribution in [1.82, 2.24) is 14.5 Å². The Balaban J connectivity index is 1.60. The van der Waals surface area contributed by atoms with E-state index in [2.05, 4.69) is 4.57 Å². The van der Waals surface area contributed by atoms with E-state index in [0.29, 0.717) is 31.3 Å². The van der Waals surface area contributed by atoms with Crippen LogP contribution in [0.3, 0.4) is 0 Å². The van der Waals surface area contributed by atoms with Gasteiger partial charge in [-0.25, -0.2) is 9.59 Å². The minimum Gasteiger partial charge on any atom is -0.461 e. The molecule has 1 saturated carbocycles. The summed E-state index contributed by atoms with van der Waals surface area (Å²) in [5, 5.41) is 1.03. The number of ether oxygens (including phenoxy) is 2. The summed E-state index contributed by atoms with van der Waals surface area (Å²) in [6.07, 6.45) is 5.63. The zero-order valence-electron chi connectivity index (χ0n) is 19.0. The smallest absolute Gasteiger partial charge is 0.410 e. The second-order valence-corrected chi connectivity index (χ2v) is 9.68. The number of aromatic nitrogens is 2. The van der Waals surface area contributed by atoms with Gasteiger partial charge in [-0.1, -0.05) is 0 Å². The number of rotatable bonds is 5. The minimum absolute atomic E-state index is 0.241. The van der Waals surface area contributed by atoms with E-state index in [1.165, 1.54) is 12.8 Å². The molecule has 0 bridgehead atoms. The maximum Gasteiger partial charge on any atom is 0.410 e. The van der Waals surface area contributed by atoms with E-state index in [-0.39, 0.29) is 18.0 Å². The number of carbonyl (C=O) groups is 2. The van der Waals surface area contributed by atoms with Gasteiger partial charge in [-0.2, -0.15) is 0 Å². The molecular weight excluding hydrogens is 394 g/mol. The molecule has 0 spiro atoms. The lowest BCUT2D eigenvalue weighted by Crippen LogP contribution is -2.41. The Labute approximate surface area is 183 Å². The van der Waals surface area contributed by atoms with Crippen LogP contribution in [0.1, 0.15) is 75.5 Å². The summed E-state index contributed by atoms with van der Waals surface area (Å²) in [6, 6.07) is 3.91. The van der Waals surface area contributed by atoms with Crippen molar-refractivity contribution in [2.24, 2.45) is 5.92 Å². The second-order valence-electron chi connectivity index (χ2n) is 9.68. The SMILES string of the molecule is CCOC(=O)c1cc2ccnc(C3CCN(C(=O)OC(C)(C)C)CC3)c2n1CC1CC1. The van der Waals surface area contributed by atoms with Gasteiger partial charge >= 0.3 is 12.1 Å². The Morgan fingerprint density at radius 3 is 2.48 bits per heavy atom. The Bertz CT molecular complexity index is 963. The molecule has 1 amide bonds. The summed E-state index contributed by atoms with van der Waals surface area (Å²) >= 11 is 0. The molecule has 7 heteroatoms. The molecule has 2 fully saturated rings. The van der Waals surface area contributed by atoms with Gasteiger partial charge in [0.2, 0.25) is 0 Å². The topological polar surface area (TPSA) is 73.7 Å². The standard InChI is InChI=1S/C24H33N3O4/c1-5-30-22(28)19-14-18-8-11-25-20(21(18)27(19)15-16-6-7-16)17-9-12-26(13-10-17)23(29)31-24(2,3)4/h8,11,14,16-17H,5-7,9-10,12-13,15H2,1-4H3. The van der Waals surface area contributed by atoms with Crippen molar-refractivity contribution >= 4 is 23.0 Å². The molecule has 3 heterocycles. The summed E-state index contributed by atoms with van der Waals surface area (Å²) < 4.78 is 13.0. The number of hydrogen-bond acceptors (Lipinski definition) is 5. The quantitative estimate of drug-likeness (QED) is 0.645. The van der Waals surface area contributed by atoms with Crippen molar-refractivity contribution in [3.05, 3.63) is 29.7 Å². The summed E-state index contributed by atoms with van der Waals surface area (Å²) in [6.45, 7) is 9.96. The number of carbonyl (C=O) groups excluding carboxylic acids is 2. The highest BCUT2D eigenvalue weighted by atomic mass is 16.6.